The zero-order chi connectivity index (χ0) is 13.4. The highest BCUT2D eigenvalue weighted by molar-refractivity contribution is 5.07. The van der Waals surface area contributed by atoms with Gasteiger partial charge in [-0.2, -0.15) is 0 Å². The van der Waals surface area contributed by atoms with Crippen LogP contribution in [0.3, 0.4) is 0 Å². The Morgan fingerprint density at radius 1 is 1.17 bits per heavy atom. The number of likely N-dealkylation sites (N-methyl/N-ethyl adjacent to an activating group) is 2. The van der Waals surface area contributed by atoms with E-state index in [1.54, 1.807) is 7.11 Å². The second kappa shape index (κ2) is 5.08. The maximum atomic E-state index is 6.03. The molecular formula is C14H29N3O. The van der Waals surface area contributed by atoms with Crippen molar-refractivity contribution in [3.8, 4) is 0 Å². The van der Waals surface area contributed by atoms with E-state index in [0.717, 1.165) is 25.9 Å². The molecule has 0 atom stereocenters. The zero-order valence-corrected chi connectivity index (χ0v) is 12.4. The molecule has 0 saturated heterocycles. The van der Waals surface area contributed by atoms with Crippen molar-refractivity contribution in [1.29, 1.82) is 0 Å². The molecule has 4 nitrogen and oxygen atoms in total. The molecule has 106 valence electrons. The van der Waals surface area contributed by atoms with Gasteiger partial charge < -0.3 is 15.4 Å². The molecule has 2 N–H and O–H groups in total. The Bertz CT molecular complexity index is 283. The Kier molecular flexibility index (Phi) is 4.02. The van der Waals surface area contributed by atoms with Crippen molar-refractivity contribution >= 4 is 0 Å². The number of hydrogen-bond acceptors (Lipinski definition) is 4. The molecule has 4 heteroatoms. The van der Waals surface area contributed by atoms with Crippen LogP contribution in [0.25, 0.3) is 0 Å². The Balaban J connectivity index is 1.96. The zero-order valence-electron chi connectivity index (χ0n) is 12.4. The largest absolute Gasteiger partial charge is 0.381 e. The van der Waals surface area contributed by atoms with Gasteiger partial charge in [-0.15, -0.1) is 0 Å². The van der Waals surface area contributed by atoms with Crippen molar-refractivity contribution in [3.63, 3.8) is 0 Å². The van der Waals surface area contributed by atoms with E-state index in [4.69, 9.17) is 10.5 Å². The molecular weight excluding hydrogens is 226 g/mol. The van der Waals surface area contributed by atoms with Crippen LogP contribution in [-0.4, -0.2) is 68.3 Å². The average Bonchev–Trinajstić information content (AvgIpc) is 2.22. The fourth-order valence-corrected chi connectivity index (χ4v) is 3.53. The van der Waals surface area contributed by atoms with Crippen LogP contribution in [0.2, 0.25) is 0 Å². The van der Waals surface area contributed by atoms with Crippen LogP contribution in [0.1, 0.15) is 32.1 Å². The van der Waals surface area contributed by atoms with Gasteiger partial charge in [-0.3, -0.25) is 4.90 Å². The molecule has 2 rings (SSSR count). The molecule has 18 heavy (non-hydrogen) atoms. The number of nitrogens with two attached hydrogens (primary N) is 1. The van der Waals surface area contributed by atoms with Crippen LogP contribution < -0.4 is 5.73 Å². The van der Waals surface area contributed by atoms with Gasteiger partial charge in [0, 0.05) is 31.3 Å². The van der Waals surface area contributed by atoms with Crippen LogP contribution in [-0.2, 0) is 4.74 Å². The minimum absolute atomic E-state index is 0.180. The number of hydrogen-bond donors (Lipinski definition) is 1. The Morgan fingerprint density at radius 2 is 1.78 bits per heavy atom. The Labute approximate surface area is 111 Å². The molecule has 0 aromatic rings. The van der Waals surface area contributed by atoms with E-state index in [1.807, 2.05) is 0 Å². The van der Waals surface area contributed by atoms with Crippen molar-refractivity contribution in [2.45, 2.75) is 49.3 Å². The minimum Gasteiger partial charge on any atom is -0.381 e. The third kappa shape index (κ3) is 2.20. The molecule has 0 aromatic heterocycles. The van der Waals surface area contributed by atoms with Crippen molar-refractivity contribution < 1.29 is 4.74 Å². The summed E-state index contributed by atoms with van der Waals surface area (Å²) in [7, 11) is 8.46. The fraction of sp³-hybridized carbons (Fsp3) is 1.00. The minimum atomic E-state index is 0.180. The van der Waals surface area contributed by atoms with Gasteiger partial charge in [-0.25, -0.2) is 0 Å². The summed E-state index contributed by atoms with van der Waals surface area (Å²) >= 11 is 0. The molecule has 2 aliphatic rings. The van der Waals surface area contributed by atoms with Gasteiger partial charge in [0.1, 0.15) is 0 Å². The highest BCUT2D eigenvalue weighted by atomic mass is 16.5. The van der Waals surface area contributed by atoms with Crippen LogP contribution >= 0.6 is 0 Å². The summed E-state index contributed by atoms with van der Waals surface area (Å²) in [6.07, 6.45) is 6.58. The molecule has 0 amide bonds. The van der Waals surface area contributed by atoms with E-state index < -0.39 is 0 Å². The van der Waals surface area contributed by atoms with E-state index >= 15 is 0 Å². The van der Waals surface area contributed by atoms with Gasteiger partial charge in [0.25, 0.3) is 0 Å². The second-order valence-corrected chi connectivity index (χ2v) is 6.52. The van der Waals surface area contributed by atoms with Crippen LogP contribution in [0.15, 0.2) is 0 Å². The van der Waals surface area contributed by atoms with Crippen LogP contribution in [0.5, 0.6) is 0 Å². The van der Waals surface area contributed by atoms with Crippen LogP contribution in [0, 0.1) is 0 Å². The third-order valence-corrected chi connectivity index (χ3v) is 5.50. The third-order valence-electron chi connectivity index (χ3n) is 5.50. The highest BCUT2D eigenvalue weighted by Gasteiger charge is 2.50. The van der Waals surface area contributed by atoms with Crippen molar-refractivity contribution in [3.05, 3.63) is 0 Å². The molecule has 0 radical (unpaired) electrons. The lowest BCUT2D eigenvalue weighted by molar-refractivity contribution is -0.0994. The summed E-state index contributed by atoms with van der Waals surface area (Å²) in [5.41, 5.74) is 6.59. The topological polar surface area (TPSA) is 41.7 Å². The molecule has 0 spiro atoms. The van der Waals surface area contributed by atoms with Crippen molar-refractivity contribution in [1.82, 2.24) is 9.80 Å². The number of nitrogens with zero attached hydrogens (tertiary/aromatic N) is 2. The maximum Gasteiger partial charge on any atom is 0.0607 e. The van der Waals surface area contributed by atoms with E-state index in [-0.39, 0.29) is 5.54 Å². The first-order valence-corrected chi connectivity index (χ1v) is 7.10. The second-order valence-electron chi connectivity index (χ2n) is 6.52. The summed E-state index contributed by atoms with van der Waals surface area (Å²) in [5, 5.41) is 0. The predicted molar refractivity (Wildman–Crippen MR) is 74.7 cm³/mol. The summed E-state index contributed by atoms with van der Waals surface area (Å²) in [4.78, 5) is 4.91. The maximum absolute atomic E-state index is 6.03. The van der Waals surface area contributed by atoms with E-state index in [2.05, 4.69) is 30.9 Å². The molecule has 0 aromatic carbocycles. The standard InChI is InChI=1S/C14H29N3O/c1-16(2)13(6-5-7-13)11-17(3)14(10-15)8-12(9-14)18-4/h12H,5-11,15H2,1-4H3. The molecule has 2 saturated carbocycles. The highest BCUT2D eigenvalue weighted by Crippen LogP contribution is 2.42. The summed E-state index contributed by atoms with van der Waals surface area (Å²) in [6, 6.07) is 0. The molecule has 0 aliphatic heterocycles. The van der Waals surface area contributed by atoms with Gasteiger partial charge in [0.05, 0.1) is 6.10 Å². The van der Waals surface area contributed by atoms with E-state index in [0.29, 0.717) is 11.6 Å². The molecule has 2 fully saturated rings. The fourth-order valence-electron chi connectivity index (χ4n) is 3.53. The number of ether oxygens (including phenoxy) is 1. The van der Waals surface area contributed by atoms with E-state index in [9.17, 15) is 0 Å². The van der Waals surface area contributed by atoms with Gasteiger partial charge in [-0.05, 0) is 53.2 Å². The Morgan fingerprint density at radius 3 is 2.11 bits per heavy atom. The van der Waals surface area contributed by atoms with Gasteiger partial charge >= 0.3 is 0 Å². The average molecular weight is 255 g/mol. The predicted octanol–water partition coefficient (Wildman–Crippen LogP) is 0.909. The quantitative estimate of drug-likeness (QED) is 0.766. The first kappa shape index (κ1) is 14.3. The number of methoxy groups -OCH3 is 1. The summed E-state index contributed by atoms with van der Waals surface area (Å²) < 4.78 is 5.42. The van der Waals surface area contributed by atoms with Gasteiger partial charge in [-0.1, -0.05) is 0 Å². The molecule has 0 heterocycles. The van der Waals surface area contributed by atoms with Crippen LogP contribution in [0.4, 0.5) is 0 Å². The Hall–Kier alpha value is -0.160. The van der Waals surface area contributed by atoms with E-state index in [1.165, 1.54) is 19.3 Å². The lowest BCUT2D eigenvalue weighted by atomic mass is 9.70. The summed E-state index contributed by atoms with van der Waals surface area (Å²) in [6.45, 7) is 1.88. The SMILES string of the molecule is COC1CC(CN)(N(C)CC2(N(C)C)CCC2)C1. The lowest BCUT2D eigenvalue weighted by Crippen LogP contribution is -2.67. The van der Waals surface area contributed by atoms with Gasteiger partial charge in [0.15, 0.2) is 0 Å². The van der Waals surface area contributed by atoms with Crippen molar-refractivity contribution in [2.24, 2.45) is 5.73 Å². The molecule has 0 bridgehead atoms. The lowest BCUT2D eigenvalue weighted by Gasteiger charge is -2.57. The number of rotatable bonds is 6. The summed E-state index contributed by atoms with van der Waals surface area (Å²) in [5.74, 6) is 0. The monoisotopic (exact) mass is 255 g/mol. The molecule has 0 unspecified atom stereocenters. The normalized spacial score (nSPS) is 34.5. The first-order valence-electron chi connectivity index (χ1n) is 7.10. The smallest absolute Gasteiger partial charge is 0.0607 e. The van der Waals surface area contributed by atoms with Crippen molar-refractivity contribution in [2.75, 3.05) is 41.3 Å². The first-order chi connectivity index (χ1) is 8.48. The van der Waals surface area contributed by atoms with Gasteiger partial charge in [0.2, 0.25) is 0 Å². The molecule has 2 aliphatic carbocycles.